The number of aryl methyl sites for hydroxylation is 1. The molecule has 0 saturated heterocycles. The van der Waals surface area contributed by atoms with Crippen molar-refractivity contribution >= 4 is 10.9 Å². The summed E-state index contributed by atoms with van der Waals surface area (Å²) in [7, 11) is 1.55. The summed E-state index contributed by atoms with van der Waals surface area (Å²) in [5.41, 5.74) is 2.43. The molecule has 1 N–H and O–H groups in total. The number of fused-ring (bicyclic) bond motifs is 1. The van der Waals surface area contributed by atoms with Crippen LogP contribution in [0.25, 0.3) is 39.4 Å². The Bertz CT molecular complexity index is 1540. The molecule has 0 aliphatic carbocycles. The third-order valence-electron chi connectivity index (χ3n) is 5.21. The third kappa shape index (κ3) is 3.37. The van der Waals surface area contributed by atoms with E-state index in [1.807, 2.05) is 31.2 Å². The van der Waals surface area contributed by atoms with Gasteiger partial charge in [0.15, 0.2) is 0 Å². The predicted molar refractivity (Wildman–Crippen MR) is 120 cm³/mol. The van der Waals surface area contributed by atoms with Crippen molar-refractivity contribution in [3.63, 3.8) is 0 Å². The Balaban J connectivity index is 1.56. The molecule has 0 bridgehead atoms. The molecule has 0 radical (unpaired) electrons. The minimum absolute atomic E-state index is 0.294. The van der Waals surface area contributed by atoms with Crippen molar-refractivity contribution in [2.75, 3.05) is 7.11 Å². The van der Waals surface area contributed by atoms with E-state index in [0.29, 0.717) is 39.6 Å². The molecule has 8 nitrogen and oxygen atoms in total. The van der Waals surface area contributed by atoms with Crippen molar-refractivity contribution in [3.8, 4) is 34.3 Å². The maximum atomic E-state index is 13.0. The van der Waals surface area contributed by atoms with E-state index < -0.39 is 11.2 Å². The lowest BCUT2D eigenvalue weighted by molar-refractivity contribution is 0.414. The molecule has 5 aromatic rings. The number of ether oxygens (including phenoxy) is 1. The average molecular weight is 426 g/mol. The van der Waals surface area contributed by atoms with Crippen LogP contribution in [-0.2, 0) is 0 Å². The van der Waals surface area contributed by atoms with Gasteiger partial charge in [-0.25, -0.2) is 9.36 Å². The topological polar surface area (TPSA) is 103 Å². The molecular weight excluding hydrogens is 408 g/mol. The number of nitrogens with one attached hydrogen (secondary N) is 1. The molecular formula is C24H18N4O4. The number of rotatable bonds is 4. The highest BCUT2D eigenvalue weighted by Gasteiger charge is 2.14. The molecule has 0 aliphatic rings. The van der Waals surface area contributed by atoms with Crippen LogP contribution in [0, 0.1) is 6.92 Å². The van der Waals surface area contributed by atoms with Crippen molar-refractivity contribution in [2.24, 2.45) is 0 Å². The van der Waals surface area contributed by atoms with Crippen LogP contribution in [0.15, 0.2) is 80.8 Å². The molecule has 0 fully saturated rings. The highest BCUT2D eigenvalue weighted by molar-refractivity contribution is 5.82. The van der Waals surface area contributed by atoms with Crippen molar-refractivity contribution < 1.29 is 9.26 Å². The maximum Gasteiger partial charge on any atom is 0.333 e. The third-order valence-corrected chi connectivity index (χ3v) is 5.21. The Kier molecular flexibility index (Phi) is 4.67. The van der Waals surface area contributed by atoms with Gasteiger partial charge in [0, 0.05) is 11.1 Å². The molecule has 2 aromatic heterocycles. The molecule has 2 heterocycles. The average Bonchev–Trinajstić information content (AvgIpc) is 3.30. The van der Waals surface area contributed by atoms with E-state index in [0.717, 1.165) is 15.7 Å². The number of aromatic nitrogens is 4. The summed E-state index contributed by atoms with van der Waals surface area (Å²) in [5, 5.41) is 4.40. The minimum Gasteiger partial charge on any atom is -0.497 e. The monoisotopic (exact) mass is 426 g/mol. The molecule has 0 unspecified atom stereocenters. The molecule has 0 spiro atoms. The molecule has 0 atom stereocenters. The van der Waals surface area contributed by atoms with Crippen LogP contribution in [0.2, 0.25) is 0 Å². The van der Waals surface area contributed by atoms with Crippen LogP contribution in [0.3, 0.4) is 0 Å². The fourth-order valence-corrected chi connectivity index (χ4v) is 3.48. The zero-order chi connectivity index (χ0) is 22.2. The van der Waals surface area contributed by atoms with E-state index in [1.165, 1.54) is 0 Å². The number of hydrogen-bond acceptors (Lipinski definition) is 6. The summed E-state index contributed by atoms with van der Waals surface area (Å²) in [5.74, 6) is 1.39. The largest absolute Gasteiger partial charge is 0.497 e. The Morgan fingerprint density at radius 2 is 1.66 bits per heavy atom. The molecule has 0 amide bonds. The van der Waals surface area contributed by atoms with Crippen LogP contribution in [0.4, 0.5) is 0 Å². The van der Waals surface area contributed by atoms with Crippen LogP contribution >= 0.6 is 0 Å². The Hall–Kier alpha value is -4.46. The summed E-state index contributed by atoms with van der Waals surface area (Å²) in [4.78, 5) is 32.9. The lowest BCUT2D eigenvalue weighted by atomic mass is 10.1. The van der Waals surface area contributed by atoms with Crippen LogP contribution in [0.1, 0.15) is 5.56 Å². The molecule has 158 valence electrons. The fourth-order valence-electron chi connectivity index (χ4n) is 3.48. The second-order valence-corrected chi connectivity index (χ2v) is 7.32. The number of nitrogens with zero attached hydrogens (tertiary/aromatic N) is 3. The predicted octanol–water partition coefficient (Wildman–Crippen LogP) is 3.71. The van der Waals surface area contributed by atoms with Gasteiger partial charge in [0.25, 0.3) is 11.4 Å². The van der Waals surface area contributed by atoms with Gasteiger partial charge in [0.2, 0.25) is 5.82 Å². The molecule has 3 aromatic carbocycles. The van der Waals surface area contributed by atoms with Crippen LogP contribution < -0.4 is 16.0 Å². The first-order valence-corrected chi connectivity index (χ1v) is 9.88. The van der Waals surface area contributed by atoms with Gasteiger partial charge < -0.3 is 14.2 Å². The number of hydrogen-bond donors (Lipinski definition) is 1. The van der Waals surface area contributed by atoms with Crippen molar-refractivity contribution in [3.05, 3.63) is 93.1 Å². The van der Waals surface area contributed by atoms with Gasteiger partial charge in [-0.2, -0.15) is 4.98 Å². The molecule has 0 aliphatic heterocycles. The van der Waals surface area contributed by atoms with E-state index in [4.69, 9.17) is 9.26 Å². The lowest BCUT2D eigenvalue weighted by Gasteiger charge is -2.08. The minimum atomic E-state index is -0.546. The summed E-state index contributed by atoms with van der Waals surface area (Å²) >= 11 is 0. The number of methoxy groups -OCH3 is 1. The first-order chi connectivity index (χ1) is 15.5. The smallest absolute Gasteiger partial charge is 0.333 e. The van der Waals surface area contributed by atoms with Crippen molar-refractivity contribution in [1.29, 1.82) is 0 Å². The number of H-pyrrole nitrogens is 1. The van der Waals surface area contributed by atoms with Gasteiger partial charge in [0.05, 0.1) is 23.7 Å². The van der Waals surface area contributed by atoms with E-state index in [9.17, 15) is 9.59 Å². The van der Waals surface area contributed by atoms with E-state index in [1.54, 1.807) is 49.6 Å². The van der Waals surface area contributed by atoms with Gasteiger partial charge in [-0.3, -0.25) is 4.79 Å². The Labute approximate surface area is 181 Å². The molecule has 0 saturated carbocycles. The second-order valence-electron chi connectivity index (χ2n) is 7.32. The van der Waals surface area contributed by atoms with Gasteiger partial charge in [-0.05, 0) is 49.4 Å². The zero-order valence-electron chi connectivity index (χ0n) is 17.3. The second kappa shape index (κ2) is 7.66. The highest BCUT2D eigenvalue weighted by atomic mass is 16.5. The van der Waals surface area contributed by atoms with Crippen LogP contribution in [-0.4, -0.2) is 26.8 Å². The first kappa shape index (κ1) is 19.5. The van der Waals surface area contributed by atoms with E-state index >= 15 is 0 Å². The van der Waals surface area contributed by atoms with Gasteiger partial charge in [0.1, 0.15) is 5.75 Å². The molecule has 8 heteroatoms. The van der Waals surface area contributed by atoms with Gasteiger partial charge in [-0.1, -0.05) is 35.0 Å². The van der Waals surface area contributed by atoms with E-state index in [2.05, 4.69) is 15.1 Å². The van der Waals surface area contributed by atoms with Crippen molar-refractivity contribution in [2.45, 2.75) is 6.92 Å². The summed E-state index contributed by atoms with van der Waals surface area (Å²) in [6.07, 6.45) is 0. The Morgan fingerprint density at radius 3 is 2.38 bits per heavy atom. The molecule has 32 heavy (non-hydrogen) atoms. The van der Waals surface area contributed by atoms with Gasteiger partial charge >= 0.3 is 5.69 Å². The first-order valence-electron chi connectivity index (χ1n) is 9.88. The lowest BCUT2D eigenvalue weighted by Crippen LogP contribution is -2.33. The fraction of sp³-hybridized carbons (Fsp3) is 0.0833. The number of benzene rings is 3. The SMILES string of the molecule is COc1ccc(-n2c(=O)[nH]c3cc(-c4nc(-c5ccc(C)cc5)no4)ccc3c2=O)cc1. The Morgan fingerprint density at radius 1 is 0.938 bits per heavy atom. The molecule has 5 rings (SSSR count). The number of aromatic amines is 1. The normalized spacial score (nSPS) is 11.1. The van der Waals surface area contributed by atoms with E-state index in [-0.39, 0.29) is 0 Å². The van der Waals surface area contributed by atoms with Gasteiger partial charge in [-0.15, -0.1) is 0 Å². The van der Waals surface area contributed by atoms with Crippen molar-refractivity contribution in [1.82, 2.24) is 19.7 Å². The standard InChI is InChI=1S/C24H18N4O4/c1-14-3-5-15(6-4-14)21-26-22(32-27-21)16-7-12-19-20(13-16)25-24(30)28(23(19)29)17-8-10-18(31-2)11-9-17/h3-13H,1-2H3,(H,25,30). The maximum absolute atomic E-state index is 13.0. The summed E-state index contributed by atoms with van der Waals surface area (Å²) < 4.78 is 11.6. The highest BCUT2D eigenvalue weighted by Crippen LogP contribution is 2.24. The zero-order valence-corrected chi connectivity index (χ0v) is 17.3. The summed E-state index contributed by atoms with van der Waals surface area (Å²) in [6.45, 7) is 2.00. The quantitative estimate of drug-likeness (QED) is 0.470. The summed E-state index contributed by atoms with van der Waals surface area (Å²) in [6, 6.07) is 19.5. The van der Waals surface area contributed by atoms with Crippen LogP contribution in [0.5, 0.6) is 5.75 Å².